The van der Waals surface area contributed by atoms with Crippen molar-refractivity contribution in [1.29, 1.82) is 0 Å². The molecule has 25 heavy (non-hydrogen) atoms. The summed E-state index contributed by atoms with van der Waals surface area (Å²) in [5.41, 5.74) is 4.05. The number of aryl methyl sites for hydroxylation is 1. The number of rotatable bonds is 5. The molecule has 124 valence electrons. The van der Waals surface area contributed by atoms with Gasteiger partial charge in [-0.2, -0.15) is 0 Å². The van der Waals surface area contributed by atoms with Crippen LogP contribution in [-0.2, 0) is 4.79 Å². The fourth-order valence-electron chi connectivity index (χ4n) is 2.42. The summed E-state index contributed by atoms with van der Waals surface area (Å²) in [5, 5.41) is 9.39. The fourth-order valence-corrected chi connectivity index (χ4v) is 2.42. The zero-order chi connectivity index (χ0) is 17.6. The van der Waals surface area contributed by atoms with Crippen LogP contribution < -0.4 is 4.74 Å². The van der Waals surface area contributed by atoms with E-state index in [9.17, 15) is 9.90 Å². The van der Waals surface area contributed by atoms with Crippen molar-refractivity contribution in [1.82, 2.24) is 0 Å². The number of carboxylic acids is 1. The molecule has 3 nitrogen and oxygen atoms in total. The molecule has 0 spiro atoms. The van der Waals surface area contributed by atoms with Crippen LogP contribution in [0.5, 0.6) is 5.75 Å². The monoisotopic (exact) mass is 330 g/mol. The Morgan fingerprint density at radius 1 is 0.840 bits per heavy atom. The van der Waals surface area contributed by atoms with Crippen LogP contribution in [-0.4, -0.2) is 11.1 Å². The summed E-state index contributed by atoms with van der Waals surface area (Å²) in [6, 6.07) is 25.0. The molecule has 0 unspecified atom stereocenters. The first-order valence-electron chi connectivity index (χ1n) is 7.97. The minimum atomic E-state index is -1.10. The van der Waals surface area contributed by atoms with E-state index < -0.39 is 5.97 Å². The largest absolute Gasteiger partial charge is 0.475 e. The van der Waals surface area contributed by atoms with Crippen molar-refractivity contribution in [2.24, 2.45) is 0 Å². The first-order chi connectivity index (χ1) is 12.1. The fraction of sp³-hybridized carbons (Fsp3) is 0.0455. The Morgan fingerprint density at radius 2 is 1.44 bits per heavy atom. The normalized spacial score (nSPS) is 11.2. The Hall–Kier alpha value is -3.33. The lowest BCUT2D eigenvalue weighted by atomic mass is 10.0. The van der Waals surface area contributed by atoms with Crippen molar-refractivity contribution >= 4 is 12.0 Å². The van der Waals surface area contributed by atoms with Gasteiger partial charge in [-0.3, -0.25) is 0 Å². The highest BCUT2D eigenvalue weighted by Crippen LogP contribution is 2.21. The van der Waals surface area contributed by atoms with Gasteiger partial charge in [0.25, 0.3) is 0 Å². The first-order valence-corrected chi connectivity index (χ1v) is 7.97. The third-order valence-electron chi connectivity index (χ3n) is 3.78. The second-order valence-corrected chi connectivity index (χ2v) is 5.72. The molecule has 0 atom stereocenters. The lowest BCUT2D eigenvalue weighted by Gasteiger charge is -2.07. The summed E-state index contributed by atoms with van der Waals surface area (Å²) < 4.78 is 5.51. The van der Waals surface area contributed by atoms with E-state index in [1.165, 1.54) is 6.08 Å². The van der Waals surface area contributed by atoms with Gasteiger partial charge in [0.15, 0.2) is 0 Å². The van der Waals surface area contributed by atoms with Crippen LogP contribution in [0.25, 0.3) is 17.2 Å². The molecule has 0 amide bonds. The quantitative estimate of drug-likeness (QED) is 0.519. The average Bonchev–Trinajstić information content (AvgIpc) is 2.64. The Balaban J connectivity index is 1.83. The SMILES string of the molecule is Cc1ccc(OC(=Cc2ccc(-c3ccccc3)cc2)C(=O)O)cc1. The van der Waals surface area contributed by atoms with Crippen molar-refractivity contribution in [3.05, 3.63) is 95.7 Å². The molecule has 0 fully saturated rings. The van der Waals surface area contributed by atoms with E-state index >= 15 is 0 Å². The van der Waals surface area contributed by atoms with E-state index in [-0.39, 0.29) is 5.76 Å². The highest BCUT2D eigenvalue weighted by molar-refractivity contribution is 5.90. The lowest BCUT2D eigenvalue weighted by Crippen LogP contribution is -2.07. The summed E-state index contributed by atoms with van der Waals surface area (Å²) in [6.45, 7) is 1.96. The van der Waals surface area contributed by atoms with E-state index in [2.05, 4.69) is 0 Å². The molecule has 0 heterocycles. The van der Waals surface area contributed by atoms with Gasteiger partial charge in [0, 0.05) is 0 Å². The summed E-state index contributed by atoms with van der Waals surface area (Å²) in [7, 11) is 0. The molecule has 0 aliphatic carbocycles. The predicted molar refractivity (Wildman–Crippen MR) is 99.3 cm³/mol. The maximum atomic E-state index is 11.5. The topological polar surface area (TPSA) is 46.5 Å². The van der Waals surface area contributed by atoms with Crippen LogP contribution in [0, 0.1) is 6.92 Å². The minimum Gasteiger partial charge on any atom is -0.475 e. The van der Waals surface area contributed by atoms with Gasteiger partial charge in [0.2, 0.25) is 5.76 Å². The van der Waals surface area contributed by atoms with Crippen molar-refractivity contribution in [2.75, 3.05) is 0 Å². The second kappa shape index (κ2) is 7.49. The highest BCUT2D eigenvalue weighted by Gasteiger charge is 2.10. The standard InChI is InChI=1S/C22H18O3/c1-16-7-13-20(14-8-16)25-21(22(23)24)15-17-9-11-19(12-10-17)18-5-3-2-4-6-18/h2-15H,1H3,(H,23,24). The Morgan fingerprint density at radius 3 is 2.04 bits per heavy atom. The van der Waals surface area contributed by atoms with Gasteiger partial charge in [-0.1, -0.05) is 72.3 Å². The zero-order valence-corrected chi connectivity index (χ0v) is 13.8. The number of ether oxygens (including phenoxy) is 1. The van der Waals surface area contributed by atoms with E-state index in [4.69, 9.17) is 4.74 Å². The Kier molecular flexibility index (Phi) is 4.95. The molecule has 1 N–H and O–H groups in total. The molecular weight excluding hydrogens is 312 g/mol. The summed E-state index contributed by atoms with van der Waals surface area (Å²) in [6.07, 6.45) is 1.52. The molecule has 3 aromatic carbocycles. The van der Waals surface area contributed by atoms with E-state index in [0.29, 0.717) is 5.75 Å². The number of benzene rings is 3. The van der Waals surface area contributed by atoms with Crippen molar-refractivity contribution in [3.8, 4) is 16.9 Å². The predicted octanol–water partition coefficient (Wildman–Crippen LogP) is 5.17. The van der Waals surface area contributed by atoms with Gasteiger partial charge < -0.3 is 9.84 Å². The second-order valence-electron chi connectivity index (χ2n) is 5.72. The smallest absolute Gasteiger partial charge is 0.371 e. The maximum absolute atomic E-state index is 11.5. The molecule has 3 rings (SSSR count). The first kappa shape index (κ1) is 16.5. The van der Waals surface area contributed by atoms with E-state index in [1.54, 1.807) is 12.1 Å². The van der Waals surface area contributed by atoms with Crippen molar-refractivity contribution < 1.29 is 14.6 Å². The third-order valence-corrected chi connectivity index (χ3v) is 3.78. The molecule has 0 radical (unpaired) electrons. The molecule has 3 aromatic rings. The Bertz CT molecular complexity index is 877. The maximum Gasteiger partial charge on any atom is 0.371 e. The van der Waals surface area contributed by atoms with Crippen molar-refractivity contribution in [3.63, 3.8) is 0 Å². The molecule has 0 aliphatic rings. The van der Waals surface area contributed by atoms with Crippen molar-refractivity contribution in [2.45, 2.75) is 6.92 Å². The number of carboxylic acid groups (broad SMARTS) is 1. The van der Waals surface area contributed by atoms with Crippen LogP contribution in [0.2, 0.25) is 0 Å². The number of aliphatic carboxylic acids is 1. The summed E-state index contributed by atoms with van der Waals surface area (Å²) in [5.74, 6) is -0.718. The van der Waals surface area contributed by atoms with Gasteiger partial charge in [0.05, 0.1) is 0 Å². The Labute approximate surface area is 146 Å². The van der Waals surface area contributed by atoms with Gasteiger partial charge >= 0.3 is 5.97 Å². The summed E-state index contributed by atoms with van der Waals surface area (Å²) in [4.78, 5) is 11.5. The summed E-state index contributed by atoms with van der Waals surface area (Å²) >= 11 is 0. The molecule has 0 saturated carbocycles. The number of hydrogen-bond donors (Lipinski definition) is 1. The molecule has 3 heteroatoms. The molecule has 0 bridgehead atoms. The number of carbonyl (C=O) groups is 1. The van der Waals surface area contributed by atoms with Gasteiger partial charge in [-0.05, 0) is 41.8 Å². The van der Waals surface area contributed by atoms with E-state index in [1.807, 2.05) is 73.7 Å². The molecular formula is C22H18O3. The van der Waals surface area contributed by atoms with Gasteiger partial charge in [0.1, 0.15) is 5.75 Å². The minimum absolute atomic E-state index is 0.115. The molecule has 0 aromatic heterocycles. The zero-order valence-electron chi connectivity index (χ0n) is 13.8. The van der Waals surface area contributed by atoms with Crippen LogP contribution >= 0.6 is 0 Å². The van der Waals surface area contributed by atoms with E-state index in [0.717, 1.165) is 22.3 Å². The average molecular weight is 330 g/mol. The number of hydrogen-bond acceptors (Lipinski definition) is 2. The van der Waals surface area contributed by atoms with Gasteiger partial charge in [-0.25, -0.2) is 4.79 Å². The van der Waals surface area contributed by atoms with Crippen LogP contribution in [0.3, 0.4) is 0 Å². The lowest BCUT2D eigenvalue weighted by molar-refractivity contribution is -0.134. The van der Waals surface area contributed by atoms with Crippen LogP contribution in [0.15, 0.2) is 84.6 Å². The third kappa shape index (κ3) is 4.36. The van der Waals surface area contributed by atoms with Crippen LogP contribution in [0.4, 0.5) is 0 Å². The highest BCUT2D eigenvalue weighted by atomic mass is 16.5. The van der Waals surface area contributed by atoms with Gasteiger partial charge in [-0.15, -0.1) is 0 Å². The molecule has 0 aliphatic heterocycles. The molecule has 0 saturated heterocycles. The van der Waals surface area contributed by atoms with Crippen LogP contribution in [0.1, 0.15) is 11.1 Å².